The summed E-state index contributed by atoms with van der Waals surface area (Å²) < 4.78 is 27.4. The summed E-state index contributed by atoms with van der Waals surface area (Å²) in [5.74, 6) is 0. The fraction of sp³-hybridized carbons (Fsp3) is 0.235. The molecule has 0 aliphatic rings. The number of ether oxygens (including phenoxy) is 1. The minimum Gasteiger partial charge on any atom is -0.445 e. The molecule has 8 nitrogen and oxygen atoms in total. The molecule has 2 rings (SSSR count). The van der Waals surface area contributed by atoms with Gasteiger partial charge in [-0.1, -0.05) is 42.5 Å². The minimum absolute atomic E-state index is 0.0837. The molecule has 140 valence electrons. The Hall–Kier alpha value is -2.46. The van der Waals surface area contributed by atoms with E-state index in [0.717, 1.165) is 5.56 Å². The van der Waals surface area contributed by atoms with Crippen LogP contribution in [0.5, 0.6) is 0 Å². The van der Waals surface area contributed by atoms with Gasteiger partial charge in [0.25, 0.3) is 0 Å². The van der Waals surface area contributed by atoms with Crippen LogP contribution in [-0.2, 0) is 21.4 Å². The Bertz CT molecular complexity index is 824. The van der Waals surface area contributed by atoms with Crippen molar-refractivity contribution >= 4 is 16.1 Å². The maximum absolute atomic E-state index is 11.6. The van der Waals surface area contributed by atoms with Gasteiger partial charge >= 0.3 is 6.09 Å². The highest BCUT2D eigenvalue weighted by molar-refractivity contribution is 7.89. The number of benzene rings is 2. The largest absolute Gasteiger partial charge is 0.445 e. The van der Waals surface area contributed by atoms with Crippen LogP contribution in [0.2, 0.25) is 0 Å². The predicted octanol–water partition coefficient (Wildman–Crippen LogP) is 0.655. The lowest BCUT2D eigenvalue weighted by Gasteiger charge is -2.18. The fourth-order valence-electron chi connectivity index (χ4n) is 2.15. The van der Waals surface area contributed by atoms with Crippen LogP contribution in [0.4, 0.5) is 4.79 Å². The summed E-state index contributed by atoms with van der Waals surface area (Å²) in [5.41, 5.74) is 1.10. The van der Waals surface area contributed by atoms with E-state index in [9.17, 15) is 23.4 Å². The highest BCUT2D eigenvalue weighted by Gasteiger charge is 2.20. The van der Waals surface area contributed by atoms with Crippen molar-refractivity contribution in [2.75, 3.05) is 6.54 Å². The molecule has 0 bridgehead atoms. The maximum Gasteiger partial charge on any atom is 0.407 e. The third kappa shape index (κ3) is 5.81. The number of rotatable bonds is 7. The van der Waals surface area contributed by atoms with Gasteiger partial charge < -0.3 is 20.3 Å². The van der Waals surface area contributed by atoms with Gasteiger partial charge in [0.1, 0.15) is 18.8 Å². The van der Waals surface area contributed by atoms with E-state index in [-0.39, 0.29) is 23.6 Å². The van der Waals surface area contributed by atoms with Gasteiger partial charge in [-0.25, -0.2) is 18.4 Å². The van der Waals surface area contributed by atoms with Gasteiger partial charge in [-0.2, -0.15) is 0 Å². The maximum atomic E-state index is 11.6. The number of hydrogen-bond acceptors (Lipinski definition) is 6. The number of carbonyl (C=O) groups is 1. The van der Waals surface area contributed by atoms with Crippen LogP contribution in [0, 0.1) is 0 Å². The van der Waals surface area contributed by atoms with Gasteiger partial charge in [0.15, 0.2) is 0 Å². The molecule has 1 amide bonds. The zero-order valence-corrected chi connectivity index (χ0v) is 14.6. The lowest BCUT2D eigenvalue weighted by atomic mass is 10.0. The molecule has 2 atom stereocenters. The Morgan fingerprint density at radius 1 is 1.08 bits per heavy atom. The van der Waals surface area contributed by atoms with Crippen molar-refractivity contribution in [2.24, 2.45) is 5.14 Å². The summed E-state index contributed by atoms with van der Waals surface area (Å²) >= 11 is 0. The molecule has 0 aliphatic heterocycles. The fourth-order valence-corrected chi connectivity index (χ4v) is 2.67. The molecule has 2 unspecified atom stereocenters. The second kappa shape index (κ2) is 8.77. The van der Waals surface area contributed by atoms with E-state index in [4.69, 9.17) is 9.88 Å². The molecule has 0 aliphatic carbocycles. The van der Waals surface area contributed by atoms with Crippen LogP contribution >= 0.6 is 0 Å². The van der Waals surface area contributed by atoms with Crippen LogP contribution in [0.25, 0.3) is 0 Å². The predicted molar refractivity (Wildman–Crippen MR) is 93.4 cm³/mol. The quantitative estimate of drug-likeness (QED) is 0.556. The lowest BCUT2D eigenvalue weighted by molar-refractivity contribution is 0.0184. The smallest absolute Gasteiger partial charge is 0.407 e. The zero-order valence-electron chi connectivity index (χ0n) is 13.8. The molecule has 2 aromatic rings. The molecule has 0 aromatic heterocycles. The van der Waals surface area contributed by atoms with Gasteiger partial charge in [0.05, 0.1) is 4.90 Å². The number of hydrogen-bond donors (Lipinski definition) is 4. The van der Waals surface area contributed by atoms with Gasteiger partial charge in [-0.05, 0) is 23.3 Å². The van der Waals surface area contributed by atoms with Gasteiger partial charge in [0.2, 0.25) is 10.0 Å². The third-order valence-corrected chi connectivity index (χ3v) is 4.51. The summed E-state index contributed by atoms with van der Waals surface area (Å²) in [7, 11) is -3.83. The van der Waals surface area contributed by atoms with Crippen LogP contribution in [0.15, 0.2) is 59.5 Å². The van der Waals surface area contributed by atoms with Gasteiger partial charge in [-0.3, -0.25) is 0 Å². The number of amides is 1. The summed E-state index contributed by atoms with van der Waals surface area (Å²) in [6.07, 6.45) is -3.36. The number of nitrogens with two attached hydrogens (primary N) is 1. The standard InChI is InChI=1S/C17H20N2O6S/c18-26(23,24)14-8-6-13(7-9-14)16(21)15(20)10-19-17(22)25-11-12-4-2-1-3-5-12/h1-9,15-16,20-21H,10-11H2,(H,19,22)(H2,18,23,24). The summed E-state index contributed by atoms with van der Waals surface area (Å²) in [6.45, 7) is -0.161. The molecule has 26 heavy (non-hydrogen) atoms. The molecule has 0 fully saturated rings. The normalized spacial score (nSPS) is 13.7. The minimum atomic E-state index is -3.83. The second-order valence-electron chi connectivity index (χ2n) is 5.57. The monoisotopic (exact) mass is 380 g/mol. The molecule has 0 saturated carbocycles. The molecule has 0 saturated heterocycles. The third-order valence-electron chi connectivity index (χ3n) is 3.58. The zero-order chi connectivity index (χ0) is 19.2. The molecule has 5 N–H and O–H groups in total. The summed E-state index contributed by atoms with van der Waals surface area (Å²) in [6, 6.07) is 14.2. The number of sulfonamides is 1. The highest BCUT2D eigenvalue weighted by Crippen LogP contribution is 2.18. The van der Waals surface area contributed by atoms with Crippen molar-refractivity contribution in [2.45, 2.75) is 23.7 Å². The number of primary sulfonamides is 1. The molecule has 9 heteroatoms. The molecular weight excluding hydrogens is 360 g/mol. The Kier molecular flexibility index (Phi) is 6.70. The first kappa shape index (κ1) is 19.9. The molecule has 0 spiro atoms. The van der Waals surface area contributed by atoms with E-state index in [1.165, 1.54) is 24.3 Å². The summed E-state index contributed by atoms with van der Waals surface area (Å²) in [5, 5.41) is 27.4. The Morgan fingerprint density at radius 2 is 1.69 bits per heavy atom. The first-order valence-electron chi connectivity index (χ1n) is 7.71. The number of aliphatic hydroxyl groups is 2. The first-order valence-corrected chi connectivity index (χ1v) is 9.25. The lowest BCUT2D eigenvalue weighted by Crippen LogP contribution is -2.35. The van der Waals surface area contributed by atoms with E-state index in [1.807, 2.05) is 18.2 Å². The average molecular weight is 380 g/mol. The number of aliphatic hydroxyl groups excluding tert-OH is 2. The average Bonchev–Trinajstić information content (AvgIpc) is 2.64. The van der Waals surface area contributed by atoms with Crippen molar-refractivity contribution in [1.29, 1.82) is 0 Å². The van der Waals surface area contributed by atoms with Crippen molar-refractivity contribution in [1.82, 2.24) is 5.32 Å². The Morgan fingerprint density at radius 3 is 2.27 bits per heavy atom. The number of nitrogens with one attached hydrogen (secondary N) is 1. The van der Waals surface area contributed by atoms with Crippen LogP contribution < -0.4 is 10.5 Å². The van der Waals surface area contributed by atoms with Crippen molar-refractivity contribution < 1.29 is 28.2 Å². The van der Waals surface area contributed by atoms with Crippen molar-refractivity contribution in [3.8, 4) is 0 Å². The molecule has 0 heterocycles. The molecule has 0 radical (unpaired) electrons. The molecular formula is C17H20N2O6S. The van der Waals surface area contributed by atoms with E-state index in [2.05, 4.69) is 5.32 Å². The second-order valence-corrected chi connectivity index (χ2v) is 7.13. The van der Waals surface area contributed by atoms with Crippen molar-refractivity contribution in [3.63, 3.8) is 0 Å². The van der Waals surface area contributed by atoms with Gasteiger partial charge in [0, 0.05) is 6.54 Å². The van der Waals surface area contributed by atoms with E-state index in [1.54, 1.807) is 12.1 Å². The van der Waals surface area contributed by atoms with E-state index >= 15 is 0 Å². The summed E-state index contributed by atoms with van der Waals surface area (Å²) in [4.78, 5) is 11.5. The van der Waals surface area contributed by atoms with Crippen molar-refractivity contribution in [3.05, 3.63) is 65.7 Å². The van der Waals surface area contributed by atoms with Gasteiger partial charge in [-0.15, -0.1) is 0 Å². The first-order chi connectivity index (χ1) is 12.3. The number of alkyl carbamates (subject to hydrolysis) is 1. The van der Waals surface area contributed by atoms with E-state index in [0.29, 0.717) is 0 Å². The Labute approximate surface area is 151 Å². The van der Waals surface area contributed by atoms with Crippen LogP contribution in [-0.4, -0.2) is 37.4 Å². The number of carbonyl (C=O) groups excluding carboxylic acids is 1. The highest BCUT2D eigenvalue weighted by atomic mass is 32.2. The SMILES string of the molecule is NS(=O)(=O)c1ccc(C(O)C(O)CNC(=O)OCc2ccccc2)cc1. The topological polar surface area (TPSA) is 139 Å². The molecule has 2 aromatic carbocycles. The van der Waals surface area contributed by atoms with E-state index < -0.39 is 28.3 Å². The van der Waals surface area contributed by atoms with Crippen LogP contribution in [0.1, 0.15) is 17.2 Å². The Balaban J connectivity index is 1.82. The van der Waals surface area contributed by atoms with Crippen LogP contribution in [0.3, 0.4) is 0 Å².